The summed E-state index contributed by atoms with van der Waals surface area (Å²) < 4.78 is 5.45. The molecule has 1 heterocycles. The van der Waals surface area contributed by atoms with E-state index in [4.69, 9.17) is 10.1 Å². The summed E-state index contributed by atoms with van der Waals surface area (Å²) in [5.74, 6) is 1.16. The van der Waals surface area contributed by atoms with E-state index in [1.54, 1.807) is 7.11 Å². The summed E-state index contributed by atoms with van der Waals surface area (Å²) >= 11 is 1.54. The maximum atomic E-state index is 8.06. The Labute approximate surface area is 141 Å². The monoisotopic (exact) mass is 347 g/mol. The van der Waals surface area contributed by atoms with Crippen LogP contribution >= 0.6 is 36.2 Å². The molecule has 3 N–H and O–H groups in total. The van der Waals surface area contributed by atoms with Crippen LogP contribution in [0.1, 0.15) is 10.4 Å². The molecular weight excluding hydrogens is 329 g/mol. The SMILES string of the molecule is CNCc1cccc(NC(=N)c2cccs2)c1OC.Cl.Cl. The summed E-state index contributed by atoms with van der Waals surface area (Å²) in [7, 11) is 3.54. The van der Waals surface area contributed by atoms with Crippen LogP contribution in [0.15, 0.2) is 35.7 Å². The van der Waals surface area contributed by atoms with Crippen LogP contribution in [0.4, 0.5) is 5.69 Å². The van der Waals surface area contributed by atoms with E-state index in [9.17, 15) is 0 Å². The van der Waals surface area contributed by atoms with E-state index in [-0.39, 0.29) is 24.8 Å². The molecule has 0 unspecified atom stereocenters. The van der Waals surface area contributed by atoms with Gasteiger partial charge in [0.05, 0.1) is 17.7 Å². The van der Waals surface area contributed by atoms with Gasteiger partial charge in [0.25, 0.3) is 0 Å². The molecule has 2 rings (SSSR count). The zero-order valence-electron chi connectivity index (χ0n) is 11.8. The third-order valence-electron chi connectivity index (χ3n) is 2.70. The number of amidine groups is 1. The minimum absolute atomic E-state index is 0. The number of hydrogen-bond donors (Lipinski definition) is 3. The number of halogens is 2. The third-order valence-corrected chi connectivity index (χ3v) is 3.58. The van der Waals surface area contributed by atoms with Crippen molar-refractivity contribution in [2.45, 2.75) is 6.54 Å². The molecule has 0 atom stereocenters. The highest BCUT2D eigenvalue weighted by Crippen LogP contribution is 2.29. The Morgan fingerprint density at radius 2 is 2.00 bits per heavy atom. The third kappa shape index (κ3) is 4.89. The van der Waals surface area contributed by atoms with Crippen LogP contribution in [0, 0.1) is 5.41 Å². The van der Waals surface area contributed by atoms with Crippen molar-refractivity contribution in [3.8, 4) is 5.75 Å². The number of thiophene rings is 1. The van der Waals surface area contributed by atoms with Gasteiger partial charge in [-0.2, -0.15) is 0 Å². The fourth-order valence-corrected chi connectivity index (χ4v) is 2.50. The first-order valence-corrected chi connectivity index (χ1v) is 6.84. The smallest absolute Gasteiger partial charge is 0.146 e. The number of ether oxygens (including phenoxy) is 1. The number of nitrogens with one attached hydrogen (secondary N) is 3. The average molecular weight is 348 g/mol. The fourth-order valence-electron chi connectivity index (χ4n) is 1.87. The Bertz CT molecular complexity index is 561. The van der Waals surface area contributed by atoms with Crippen LogP contribution in [0.3, 0.4) is 0 Å². The van der Waals surface area contributed by atoms with E-state index in [1.807, 2.05) is 42.8 Å². The molecule has 0 radical (unpaired) electrons. The first-order chi connectivity index (χ1) is 9.26. The second-order valence-corrected chi connectivity index (χ2v) is 4.95. The summed E-state index contributed by atoms with van der Waals surface area (Å²) in [5.41, 5.74) is 1.88. The van der Waals surface area contributed by atoms with Gasteiger partial charge in [-0.1, -0.05) is 18.2 Å². The predicted octanol–water partition coefficient (Wildman–Crippen LogP) is 3.76. The van der Waals surface area contributed by atoms with E-state index in [0.29, 0.717) is 5.84 Å². The van der Waals surface area contributed by atoms with Gasteiger partial charge in [-0.25, -0.2) is 0 Å². The molecule has 0 saturated carbocycles. The lowest BCUT2D eigenvalue weighted by atomic mass is 10.1. The zero-order chi connectivity index (χ0) is 13.7. The molecule has 4 nitrogen and oxygen atoms in total. The van der Waals surface area contributed by atoms with Gasteiger partial charge in [-0.3, -0.25) is 5.41 Å². The van der Waals surface area contributed by atoms with Crippen LogP contribution in [0.25, 0.3) is 0 Å². The molecule has 0 amide bonds. The number of anilines is 1. The maximum absolute atomic E-state index is 8.06. The van der Waals surface area contributed by atoms with Crippen molar-refractivity contribution in [2.24, 2.45) is 0 Å². The number of hydrogen-bond acceptors (Lipinski definition) is 4. The average Bonchev–Trinajstić information content (AvgIpc) is 2.93. The summed E-state index contributed by atoms with van der Waals surface area (Å²) in [6.45, 7) is 0.727. The van der Waals surface area contributed by atoms with Crippen LogP contribution in [0.2, 0.25) is 0 Å². The van der Waals surface area contributed by atoms with Crippen molar-refractivity contribution < 1.29 is 4.74 Å². The standard InChI is InChI=1S/C14H17N3OS.2ClH/c1-16-9-10-5-3-6-11(13(10)18-2)17-14(15)12-7-4-8-19-12;;/h3-8,16H,9H2,1-2H3,(H2,15,17);2*1H. The summed E-state index contributed by atoms with van der Waals surface area (Å²) in [5, 5.41) is 16.2. The Hall–Kier alpha value is -1.27. The van der Waals surface area contributed by atoms with Crippen LogP contribution < -0.4 is 15.4 Å². The van der Waals surface area contributed by atoms with Crippen LogP contribution in [-0.2, 0) is 6.54 Å². The molecule has 1 aromatic carbocycles. The van der Waals surface area contributed by atoms with E-state index in [0.717, 1.165) is 28.4 Å². The molecular formula is C14H19Cl2N3OS. The lowest BCUT2D eigenvalue weighted by molar-refractivity contribution is 0.410. The molecule has 21 heavy (non-hydrogen) atoms. The maximum Gasteiger partial charge on any atom is 0.146 e. The number of rotatable bonds is 5. The molecule has 0 spiro atoms. The Morgan fingerprint density at radius 1 is 1.24 bits per heavy atom. The van der Waals surface area contributed by atoms with Crippen LogP contribution in [-0.4, -0.2) is 20.0 Å². The summed E-state index contributed by atoms with van der Waals surface area (Å²) in [6, 6.07) is 9.74. The Balaban J connectivity index is 0.00000200. The molecule has 0 bridgehead atoms. The molecule has 0 aliphatic rings. The zero-order valence-corrected chi connectivity index (χ0v) is 14.3. The predicted molar refractivity (Wildman–Crippen MR) is 95.0 cm³/mol. The molecule has 7 heteroatoms. The second-order valence-electron chi connectivity index (χ2n) is 4.01. The topological polar surface area (TPSA) is 57.1 Å². The first kappa shape index (κ1) is 19.7. The van der Waals surface area contributed by atoms with Gasteiger partial charge in [-0.05, 0) is 24.6 Å². The molecule has 0 aliphatic heterocycles. The first-order valence-electron chi connectivity index (χ1n) is 5.96. The van der Waals surface area contributed by atoms with Crippen molar-refractivity contribution in [3.63, 3.8) is 0 Å². The minimum atomic E-state index is 0. The number of para-hydroxylation sites is 1. The van der Waals surface area contributed by atoms with Crippen molar-refractivity contribution >= 4 is 47.7 Å². The van der Waals surface area contributed by atoms with E-state index < -0.39 is 0 Å². The molecule has 0 saturated heterocycles. The van der Waals surface area contributed by atoms with Crippen molar-refractivity contribution in [1.29, 1.82) is 5.41 Å². The largest absolute Gasteiger partial charge is 0.494 e. The van der Waals surface area contributed by atoms with E-state index in [1.165, 1.54) is 11.3 Å². The number of methoxy groups -OCH3 is 1. The molecule has 116 valence electrons. The van der Waals surface area contributed by atoms with Gasteiger partial charge in [-0.15, -0.1) is 36.2 Å². The second kappa shape index (κ2) is 9.63. The highest BCUT2D eigenvalue weighted by Gasteiger charge is 2.10. The lowest BCUT2D eigenvalue weighted by Crippen LogP contribution is -2.13. The molecule has 2 aromatic rings. The molecule has 0 aliphatic carbocycles. The molecule has 1 aromatic heterocycles. The van der Waals surface area contributed by atoms with Gasteiger partial charge in [0, 0.05) is 12.1 Å². The van der Waals surface area contributed by atoms with Crippen molar-refractivity contribution in [1.82, 2.24) is 5.32 Å². The lowest BCUT2D eigenvalue weighted by Gasteiger charge is -2.14. The van der Waals surface area contributed by atoms with Gasteiger partial charge in [0.1, 0.15) is 11.6 Å². The number of benzene rings is 1. The van der Waals surface area contributed by atoms with Crippen LogP contribution in [0.5, 0.6) is 5.75 Å². The highest BCUT2D eigenvalue weighted by molar-refractivity contribution is 7.12. The molecule has 0 fully saturated rings. The van der Waals surface area contributed by atoms with Gasteiger partial charge >= 0.3 is 0 Å². The Morgan fingerprint density at radius 3 is 2.57 bits per heavy atom. The normalized spacial score (nSPS) is 9.24. The Kier molecular flexibility index (Phi) is 9.05. The van der Waals surface area contributed by atoms with E-state index in [2.05, 4.69) is 10.6 Å². The van der Waals surface area contributed by atoms with Gasteiger partial charge < -0.3 is 15.4 Å². The minimum Gasteiger partial charge on any atom is -0.494 e. The summed E-state index contributed by atoms with van der Waals surface area (Å²) in [6.07, 6.45) is 0. The highest BCUT2D eigenvalue weighted by atomic mass is 35.5. The van der Waals surface area contributed by atoms with Crippen molar-refractivity contribution in [2.75, 3.05) is 19.5 Å². The van der Waals surface area contributed by atoms with Gasteiger partial charge in [0.2, 0.25) is 0 Å². The quantitative estimate of drug-likeness (QED) is 0.570. The van der Waals surface area contributed by atoms with Crippen molar-refractivity contribution in [3.05, 3.63) is 46.2 Å². The fraction of sp³-hybridized carbons (Fsp3) is 0.214. The summed E-state index contributed by atoms with van der Waals surface area (Å²) in [4.78, 5) is 0.904. The van der Waals surface area contributed by atoms with E-state index >= 15 is 0 Å². The van der Waals surface area contributed by atoms with Gasteiger partial charge in [0.15, 0.2) is 0 Å².